The van der Waals surface area contributed by atoms with Gasteiger partial charge in [-0.2, -0.15) is 0 Å². The van der Waals surface area contributed by atoms with E-state index >= 15 is 0 Å². The third kappa shape index (κ3) is 1.73. The molecule has 0 aliphatic carbocycles. The Balaban J connectivity index is 2.76. The fourth-order valence-electron chi connectivity index (χ4n) is 1.68. The Bertz CT molecular complexity index is 615. The SMILES string of the molecule is CCc1nc(C(=O)O)c2ccc(C(=O)O)cn12. The van der Waals surface area contributed by atoms with E-state index in [1.54, 1.807) is 0 Å². The normalized spacial score (nSPS) is 10.6. The van der Waals surface area contributed by atoms with Gasteiger partial charge < -0.3 is 14.6 Å². The van der Waals surface area contributed by atoms with Gasteiger partial charge in [-0.05, 0) is 12.1 Å². The van der Waals surface area contributed by atoms with Gasteiger partial charge >= 0.3 is 11.9 Å². The summed E-state index contributed by atoms with van der Waals surface area (Å²) in [5.41, 5.74) is 0.444. The first kappa shape index (κ1) is 11.1. The molecule has 88 valence electrons. The van der Waals surface area contributed by atoms with E-state index in [1.165, 1.54) is 22.7 Å². The van der Waals surface area contributed by atoms with Gasteiger partial charge in [0.15, 0.2) is 5.69 Å². The number of nitrogens with zero attached hydrogens (tertiary/aromatic N) is 2. The number of imidazole rings is 1. The lowest BCUT2D eigenvalue weighted by molar-refractivity contribution is 0.0684. The first-order valence-electron chi connectivity index (χ1n) is 5.02. The van der Waals surface area contributed by atoms with Crippen LogP contribution in [0.1, 0.15) is 33.6 Å². The number of fused-ring (bicyclic) bond motifs is 1. The highest BCUT2D eigenvalue weighted by Gasteiger charge is 2.16. The molecule has 0 saturated heterocycles. The van der Waals surface area contributed by atoms with Crippen LogP contribution in [0.25, 0.3) is 5.52 Å². The number of pyridine rings is 1. The largest absolute Gasteiger partial charge is 0.478 e. The first-order chi connectivity index (χ1) is 8.04. The molecule has 0 atom stereocenters. The van der Waals surface area contributed by atoms with Crippen LogP contribution in [0.4, 0.5) is 0 Å². The topological polar surface area (TPSA) is 91.9 Å². The number of aryl methyl sites for hydroxylation is 1. The number of aromatic nitrogens is 2. The van der Waals surface area contributed by atoms with Gasteiger partial charge in [0, 0.05) is 12.6 Å². The first-order valence-corrected chi connectivity index (χ1v) is 5.02. The van der Waals surface area contributed by atoms with Crippen molar-refractivity contribution in [2.24, 2.45) is 0 Å². The molecule has 2 aromatic rings. The molecule has 0 spiro atoms. The number of carboxylic acid groups (broad SMARTS) is 2. The molecule has 0 aliphatic rings. The van der Waals surface area contributed by atoms with E-state index in [1.807, 2.05) is 6.92 Å². The summed E-state index contributed by atoms with van der Waals surface area (Å²) in [6, 6.07) is 2.82. The number of aromatic carboxylic acids is 2. The summed E-state index contributed by atoms with van der Waals surface area (Å²) in [5.74, 6) is -1.65. The van der Waals surface area contributed by atoms with Crippen molar-refractivity contribution in [3.8, 4) is 0 Å². The molecule has 0 bridgehead atoms. The van der Waals surface area contributed by atoms with E-state index in [0.29, 0.717) is 17.8 Å². The highest BCUT2D eigenvalue weighted by molar-refractivity contribution is 5.94. The van der Waals surface area contributed by atoms with Crippen molar-refractivity contribution in [3.63, 3.8) is 0 Å². The van der Waals surface area contributed by atoms with Crippen LogP contribution in [0, 0.1) is 0 Å². The molecule has 0 radical (unpaired) electrons. The van der Waals surface area contributed by atoms with Gasteiger partial charge in [0.05, 0.1) is 11.1 Å². The second kappa shape index (κ2) is 3.89. The predicted octanol–water partition coefficient (Wildman–Crippen LogP) is 1.29. The lowest BCUT2D eigenvalue weighted by Crippen LogP contribution is -2.01. The van der Waals surface area contributed by atoms with Crippen molar-refractivity contribution in [2.75, 3.05) is 0 Å². The third-order valence-electron chi connectivity index (χ3n) is 2.48. The lowest BCUT2D eigenvalue weighted by atomic mass is 10.2. The molecular weight excluding hydrogens is 224 g/mol. The highest BCUT2D eigenvalue weighted by atomic mass is 16.4. The number of hydrogen-bond donors (Lipinski definition) is 2. The minimum atomic E-state index is -1.12. The molecule has 0 amide bonds. The van der Waals surface area contributed by atoms with Gasteiger partial charge in [0.2, 0.25) is 0 Å². The molecule has 6 nitrogen and oxygen atoms in total. The van der Waals surface area contributed by atoms with Crippen molar-refractivity contribution in [1.29, 1.82) is 0 Å². The molecule has 17 heavy (non-hydrogen) atoms. The van der Waals surface area contributed by atoms with E-state index in [4.69, 9.17) is 10.2 Å². The van der Waals surface area contributed by atoms with Gasteiger partial charge in [-0.3, -0.25) is 0 Å². The second-order valence-electron chi connectivity index (χ2n) is 3.51. The molecule has 0 aliphatic heterocycles. The maximum absolute atomic E-state index is 11.0. The van der Waals surface area contributed by atoms with E-state index in [9.17, 15) is 9.59 Å². The average Bonchev–Trinajstić information content (AvgIpc) is 2.66. The number of rotatable bonds is 3. The minimum absolute atomic E-state index is 0.0567. The Labute approximate surface area is 96.1 Å². The van der Waals surface area contributed by atoms with Crippen LogP contribution < -0.4 is 0 Å². The van der Waals surface area contributed by atoms with E-state index < -0.39 is 11.9 Å². The standard InChI is InChI=1S/C11H10N2O4/c1-2-8-12-9(11(16)17)7-4-3-6(10(14)15)5-13(7)8/h3-5H,2H2,1H3,(H,14,15)(H,16,17). The van der Waals surface area contributed by atoms with Crippen LogP contribution in [0.5, 0.6) is 0 Å². The second-order valence-corrected chi connectivity index (χ2v) is 3.51. The Morgan fingerprint density at radius 1 is 1.29 bits per heavy atom. The Kier molecular flexibility index (Phi) is 2.55. The average molecular weight is 234 g/mol. The smallest absolute Gasteiger partial charge is 0.356 e. The zero-order valence-electron chi connectivity index (χ0n) is 9.04. The summed E-state index contributed by atoms with van der Waals surface area (Å²) in [4.78, 5) is 25.8. The quantitative estimate of drug-likeness (QED) is 0.834. The Morgan fingerprint density at radius 3 is 2.53 bits per heavy atom. The summed E-state index contributed by atoms with van der Waals surface area (Å²) in [6.45, 7) is 1.83. The molecule has 0 saturated carbocycles. The molecule has 2 N–H and O–H groups in total. The zero-order chi connectivity index (χ0) is 12.6. The highest BCUT2D eigenvalue weighted by Crippen LogP contribution is 2.15. The Morgan fingerprint density at radius 2 is 2.00 bits per heavy atom. The van der Waals surface area contributed by atoms with Gasteiger partial charge in [-0.1, -0.05) is 6.92 Å². The van der Waals surface area contributed by atoms with Crippen LogP contribution in [0.3, 0.4) is 0 Å². The lowest BCUT2D eigenvalue weighted by Gasteiger charge is -2.00. The molecule has 0 fully saturated rings. The molecule has 2 heterocycles. The summed E-state index contributed by atoms with van der Waals surface area (Å²) in [7, 11) is 0. The van der Waals surface area contributed by atoms with Gasteiger partial charge in [0.25, 0.3) is 0 Å². The number of carboxylic acids is 2. The molecular formula is C11H10N2O4. The van der Waals surface area contributed by atoms with E-state index in [-0.39, 0.29) is 11.3 Å². The van der Waals surface area contributed by atoms with Crippen LogP contribution in [0.15, 0.2) is 18.3 Å². The van der Waals surface area contributed by atoms with Crippen LogP contribution >= 0.6 is 0 Å². The third-order valence-corrected chi connectivity index (χ3v) is 2.48. The van der Waals surface area contributed by atoms with Crippen molar-refractivity contribution in [3.05, 3.63) is 35.4 Å². The number of hydrogen-bond acceptors (Lipinski definition) is 3. The predicted molar refractivity (Wildman–Crippen MR) is 58.5 cm³/mol. The molecule has 0 aromatic carbocycles. The van der Waals surface area contributed by atoms with Crippen molar-refractivity contribution in [2.45, 2.75) is 13.3 Å². The van der Waals surface area contributed by atoms with Crippen molar-refractivity contribution < 1.29 is 19.8 Å². The van der Waals surface area contributed by atoms with Gasteiger partial charge in [-0.15, -0.1) is 0 Å². The maximum Gasteiger partial charge on any atom is 0.356 e. The van der Waals surface area contributed by atoms with Crippen LogP contribution in [-0.4, -0.2) is 31.5 Å². The Hall–Kier alpha value is -2.37. The van der Waals surface area contributed by atoms with Crippen LogP contribution in [0.2, 0.25) is 0 Å². The van der Waals surface area contributed by atoms with Gasteiger partial charge in [0.1, 0.15) is 5.82 Å². The monoisotopic (exact) mass is 234 g/mol. The van der Waals surface area contributed by atoms with E-state index in [2.05, 4.69) is 4.98 Å². The van der Waals surface area contributed by atoms with Crippen molar-refractivity contribution in [1.82, 2.24) is 9.38 Å². The van der Waals surface area contributed by atoms with E-state index in [0.717, 1.165) is 0 Å². The fraction of sp³-hybridized carbons (Fsp3) is 0.182. The fourth-order valence-corrected chi connectivity index (χ4v) is 1.68. The summed E-state index contributed by atoms with van der Waals surface area (Å²) < 4.78 is 1.51. The summed E-state index contributed by atoms with van der Waals surface area (Å²) in [6.07, 6.45) is 1.91. The molecule has 6 heteroatoms. The van der Waals surface area contributed by atoms with Crippen LogP contribution in [-0.2, 0) is 6.42 Å². The minimum Gasteiger partial charge on any atom is -0.478 e. The molecule has 2 rings (SSSR count). The zero-order valence-corrected chi connectivity index (χ0v) is 9.04. The molecule has 0 unspecified atom stereocenters. The van der Waals surface area contributed by atoms with Crippen molar-refractivity contribution >= 4 is 17.5 Å². The number of carbonyl (C=O) groups is 2. The maximum atomic E-state index is 11.0. The summed E-state index contributed by atoms with van der Waals surface area (Å²) in [5, 5.41) is 17.9. The summed E-state index contributed by atoms with van der Waals surface area (Å²) >= 11 is 0. The van der Waals surface area contributed by atoms with Gasteiger partial charge in [-0.25, -0.2) is 14.6 Å². The molecule has 2 aromatic heterocycles.